The van der Waals surface area contributed by atoms with Gasteiger partial charge in [-0.2, -0.15) is 10.2 Å². The van der Waals surface area contributed by atoms with Crippen LogP contribution in [0.25, 0.3) is 22.1 Å². The number of anilines is 2. The molecule has 0 bridgehead atoms. The highest BCUT2D eigenvalue weighted by Crippen LogP contribution is 2.23. The maximum absolute atomic E-state index is 4.38. The molecular formula is C13H11N7. The third-order valence-electron chi connectivity index (χ3n) is 3.15. The van der Waals surface area contributed by atoms with E-state index < -0.39 is 0 Å². The highest BCUT2D eigenvalue weighted by molar-refractivity contribution is 5.88. The fourth-order valence-corrected chi connectivity index (χ4v) is 2.19. The Hall–Kier alpha value is -2.96. The molecule has 7 nitrogen and oxygen atoms in total. The van der Waals surface area contributed by atoms with Gasteiger partial charge in [0.15, 0.2) is 11.5 Å². The minimum Gasteiger partial charge on any atom is -0.336 e. The highest BCUT2D eigenvalue weighted by Gasteiger charge is 2.08. The second-order valence-corrected chi connectivity index (χ2v) is 4.50. The average molecular weight is 265 g/mol. The van der Waals surface area contributed by atoms with Gasteiger partial charge in [0.25, 0.3) is 0 Å². The van der Waals surface area contributed by atoms with E-state index >= 15 is 0 Å². The Labute approximate surface area is 113 Å². The molecule has 0 saturated heterocycles. The van der Waals surface area contributed by atoms with Crippen molar-refractivity contribution < 1.29 is 0 Å². The summed E-state index contributed by atoms with van der Waals surface area (Å²) in [6, 6.07) is 5.79. The summed E-state index contributed by atoms with van der Waals surface area (Å²) in [5.74, 6) is 0.686. The van der Waals surface area contributed by atoms with E-state index in [9.17, 15) is 0 Å². The molecule has 4 aromatic heterocycles. The van der Waals surface area contributed by atoms with Gasteiger partial charge in [-0.05, 0) is 18.2 Å². The lowest BCUT2D eigenvalue weighted by Crippen LogP contribution is -1.95. The first kappa shape index (κ1) is 10.9. The van der Waals surface area contributed by atoms with Gasteiger partial charge in [0.1, 0.15) is 5.52 Å². The molecule has 98 valence electrons. The molecule has 4 aromatic rings. The summed E-state index contributed by atoms with van der Waals surface area (Å²) in [6.45, 7) is 0. The van der Waals surface area contributed by atoms with Gasteiger partial charge in [-0.1, -0.05) is 0 Å². The van der Waals surface area contributed by atoms with Crippen LogP contribution in [0.3, 0.4) is 0 Å². The van der Waals surface area contributed by atoms with Crippen molar-refractivity contribution in [3.63, 3.8) is 0 Å². The van der Waals surface area contributed by atoms with Crippen molar-refractivity contribution >= 4 is 33.6 Å². The van der Waals surface area contributed by atoms with Crippen molar-refractivity contribution in [2.24, 2.45) is 7.05 Å². The van der Waals surface area contributed by atoms with Crippen molar-refractivity contribution in [2.45, 2.75) is 0 Å². The number of rotatable bonds is 2. The van der Waals surface area contributed by atoms with Gasteiger partial charge in [-0.25, -0.2) is 4.98 Å². The monoisotopic (exact) mass is 265 g/mol. The highest BCUT2D eigenvalue weighted by atomic mass is 15.3. The van der Waals surface area contributed by atoms with E-state index in [1.807, 2.05) is 25.2 Å². The lowest BCUT2D eigenvalue weighted by molar-refractivity contribution is 0.786. The topological polar surface area (TPSA) is 84.3 Å². The third kappa shape index (κ3) is 1.60. The molecule has 0 aromatic carbocycles. The number of aromatic nitrogens is 6. The van der Waals surface area contributed by atoms with Crippen LogP contribution in [0.4, 0.5) is 11.5 Å². The van der Waals surface area contributed by atoms with E-state index in [1.165, 1.54) is 0 Å². The van der Waals surface area contributed by atoms with Gasteiger partial charge in [0.05, 0.1) is 23.6 Å². The van der Waals surface area contributed by atoms with Crippen LogP contribution in [0, 0.1) is 0 Å². The second kappa shape index (κ2) is 4.02. The van der Waals surface area contributed by atoms with Gasteiger partial charge in [0.2, 0.25) is 0 Å². The summed E-state index contributed by atoms with van der Waals surface area (Å²) in [4.78, 5) is 8.69. The molecule has 20 heavy (non-hydrogen) atoms. The lowest BCUT2D eigenvalue weighted by Gasteiger charge is -2.02. The van der Waals surface area contributed by atoms with Gasteiger partial charge < -0.3 is 5.32 Å². The number of hydrogen-bond donors (Lipinski definition) is 2. The molecule has 0 aliphatic heterocycles. The van der Waals surface area contributed by atoms with Gasteiger partial charge in [-0.15, -0.1) is 0 Å². The molecule has 0 radical (unpaired) electrons. The molecule has 0 fully saturated rings. The summed E-state index contributed by atoms with van der Waals surface area (Å²) in [6.07, 6.45) is 5.29. The van der Waals surface area contributed by atoms with Gasteiger partial charge in [-0.3, -0.25) is 14.8 Å². The van der Waals surface area contributed by atoms with Gasteiger partial charge >= 0.3 is 0 Å². The number of pyridine rings is 2. The maximum atomic E-state index is 4.38. The maximum Gasteiger partial charge on any atom is 0.178 e. The van der Waals surface area contributed by atoms with Crippen LogP contribution in [-0.2, 0) is 7.05 Å². The lowest BCUT2D eigenvalue weighted by atomic mass is 10.3. The van der Waals surface area contributed by atoms with Crippen LogP contribution < -0.4 is 5.32 Å². The zero-order valence-corrected chi connectivity index (χ0v) is 10.7. The van der Waals surface area contributed by atoms with Crippen LogP contribution >= 0.6 is 0 Å². The molecule has 0 atom stereocenters. The molecule has 4 heterocycles. The van der Waals surface area contributed by atoms with Crippen molar-refractivity contribution in [1.82, 2.24) is 29.9 Å². The Morgan fingerprint density at radius 3 is 3.15 bits per heavy atom. The normalized spacial score (nSPS) is 11.2. The van der Waals surface area contributed by atoms with E-state index in [-0.39, 0.29) is 0 Å². The summed E-state index contributed by atoms with van der Waals surface area (Å²) in [5, 5.41) is 15.5. The van der Waals surface area contributed by atoms with E-state index in [4.69, 9.17) is 0 Å². The van der Waals surface area contributed by atoms with Crippen LogP contribution in [0.15, 0.2) is 36.8 Å². The Kier molecular flexibility index (Phi) is 2.19. The first-order valence-corrected chi connectivity index (χ1v) is 6.15. The summed E-state index contributed by atoms with van der Waals surface area (Å²) in [5.41, 5.74) is 3.40. The number of fused-ring (bicyclic) bond motifs is 2. The number of aromatic amines is 1. The van der Waals surface area contributed by atoms with E-state index in [1.54, 1.807) is 23.3 Å². The van der Waals surface area contributed by atoms with Crippen molar-refractivity contribution in [2.75, 3.05) is 5.32 Å². The molecule has 0 amide bonds. The Morgan fingerprint density at radius 1 is 1.25 bits per heavy atom. The number of aryl methyl sites for hydroxylation is 1. The Morgan fingerprint density at radius 2 is 2.20 bits per heavy atom. The molecule has 7 heteroatoms. The minimum atomic E-state index is 0.686. The first-order chi connectivity index (χ1) is 9.81. The second-order valence-electron chi connectivity index (χ2n) is 4.50. The molecule has 2 N–H and O–H groups in total. The molecule has 4 rings (SSSR count). The fraction of sp³-hybridized carbons (Fsp3) is 0.0769. The standard InChI is InChI=1S/C13H11N7/c1-20-13-8(6-16-20)5-9(7-15-13)17-12-11-10(18-19-12)3-2-4-14-11/h2-7H,1H3,(H2,17,18,19). The van der Waals surface area contributed by atoms with Crippen LogP contribution in [0.5, 0.6) is 0 Å². The number of nitrogens with zero attached hydrogens (tertiary/aromatic N) is 5. The largest absolute Gasteiger partial charge is 0.336 e. The average Bonchev–Trinajstić information content (AvgIpc) is 3.04. The van der Waals surface area contributed by atoms with E-state index in [2.05, 4.69) is 30.6 Å². The van der Waals surface area contributed by atoms with Crippen molar-refractivity contribution in [1.29, 1.82) is 0 Å². The first-order valence-electron chi connectivity index (χ1n) is 6.15. The number of hydrogen-bond acceptors (Lipinski definition) is 5. The van der Waals surface area contributed by atoms with Crippen LogP contribution in [0.2, 0.25) is 0 Å². The summed E-state index contributed by atoms with van der Waals surface area (Å²) < 4.78 is 1.74. The van der Waals surface area contributed by atoms with Gasteiger partial charge in [0, 0.05) is 18.6 Å². The number of H-pyrrole nitrogens is 1. The predicted octanol–water partition coefficient (Wildman–Crippen LogP) is 1.98. The van der Waals surface area contributed by atoms with Crippen LogP contribution in [0.1, 0.15) is 0 Å². The van der Waals surface area contributed by atoms with Crippen molar-refractivity contribution in [3.8, 4) is 0 Å². The van der Waals surface area contributed by atoms with Crippen LogP contribution in [-0.4, -0.2) is 29.9 Å². The molecule has 0 aliphatic rings. The Balaban J connectivity index is 1.76. The zero-order chi connectivity index (χ0) is 13.5. The fourth-order valence-electron chi connectivity index (χ4n) is 2.19. The quantitative estimate of drug-likeness (QED) is 0.579. The Bertz CT molecular complexity index is 905. The summed E-state index contributed by atoms with van der Waals surface area (Å²) >= 11 is 0. The van der Waals surface area contributed by atoms with E-state index in [0.29, 0.717) is 5.82 Å². The molecule has 0 saturated carbocycles. The van der Waals surface area contributed by atoms with E-state index in [0.717, 1.165) is 27.8 Å². The molecule has 0 aliphatic carbocycles. The molecular weight excluding hydrogens is 254 g/mol. The van der Waals surface area contributed by atoms with Crippen molar-refractivity contribution in [3.05, 3.63) is 36.8 Å². The molecule has 0 spiro atoms. The molecule has 0 unspecified atom stereocenters. The smallest absolute Gasteiger partial charge is 0.178 e. The SMILES string of the molecule is Cn1ncc2cc(Nc3n[nH]c4cccnc34)cnc21. The summed E-state index contributed by atoms with van der Waals surface area (Å²) in [7, 11) is 1.87. The third-order valence-corrected chi connectivity index (χ3v) is 3.15. The predicted molar refractivity (Wildman–Crippen MR) is 75.7 cm³/mol. The minimum absolute atomic E-state index is 0.686. The number of nitrogens with one attached hydrogen (secondary N) is 2. The zero-order valence-electron chi connectivity index (χ0n) is 10.7.